The number of amides is 1. The first-order valence-corrected chi connectivity index (χ1v) is 11.2. The molecule has 0 aliphatic heterocycles. The smallest absolute Gasteiger partial charge is 0.224 e. The first kappa shape index (κ1) is 27.8. The Morgan fingerprint density at radius 3 is 2.03 bits per heavy atom. The van der Waals surface area contributed by atoms with Gasteiger partial charge in [-0.15, -0.1) is 12.4 Å². The second-order valence-electron chi connectivity index (χ2n) is 10.6. The minimum atomic E-state index is -0.224. The van der Waals surface area contributed by atoms with E-state index in [0.29, 0.717) is 18.0 Å². The highest BCUT2D eigenvalue weighted by Gasteiger charge is 2.26. The van der Waals surface area contributed by atoms with Gasteiger partial charge in [-0.2, -0.15) is 0 Å². The summed E-state index contributed by atoms with van der Waals surface area (Å²) in [7, 11) is 0. The van der Waals surface area contributed by atoms with E-state index in [0.717, 1.165) is 53.8 Å². The number of nitrogen functional groups attached to an aromatic ring is 1. The minimum absolute atomic E-state index is 0. The summed E-state index contributed by atoms with van der Waals surface area (Å²) in [5.41, 5.74) is 9.94. The summed E-state index contributed by atoms with van der Waals surface area (Å²) in [6, 6.07) is 7.73. The number of carbonyl (C=O) groups is 1. The molecule has 0 fully saturated rings. The second kappa shape index (κ2) is 11.0. The lowest BCUT2D eigenvalue weighted by Crippen LogP contribution is -2.19. The number of aromatic nitrogens is 1. The normalized spacial score (nSPS) is 11.7. The number of hydrogen-bond acceptors (Lipinski definition) is 4. The number of hydrogen-bond donors (Lipinski definition) is 3. The summed E-state index contributed by atoms with van der Waals surface area (Å²) in [5, 5.41) is 13.9. The Bertz CT molecular complexity index is 872. The molecule has 1 aromatic heterocycles. The molecule has 0 aliphatic carbocycles. The maximum absolute atomic E-state index is 12.5. The summed E-state index contributed by atoms with van der Waals surface area (Å²) < 4.78 is 0. The van der Waals surface area contributed by atoms with Gasteiger partial charge in [-0.25, -0.2) is 4.98 Å². The van der Waals surface area contributed by atoms with Crippen LogP contribution >= 0.6 is 12.4 Å². The van der Waals surface area contributed by atoms with Crippen LogP contribution in [0.1, 0.15) is 89.6 Å². The number of aromatic hydroxyl groups is 1. The lowest BCUT2D eigenvalue weighted by Gasteiger charge is -2.28. The highest BCUT2D eigenvalue weighted by atomic mass is 35.5. The zero-order valence-electron chi connectivity index (χ0n) is 20.6. The molecule has 5 nitrogen and oxygen atoms in total. The van der Waals surface area contributed by atoms with Crippen LogP contribution in [-0.4, -0.2) is 16.0 Å². The van der Waals surface area contributed by atoms with Gasteiger partial charge in [0.15, 0.2) is 0 Å². The van der Waals surface area contributed by atoms with E-state index in [2.05, 4.69) is 57.9 Å². The van der Waals surface area contributed by atoms with Crippen LogP contribution in [0, 0.1) is 6.92 Å². The zero-order chi connectivity index (χ0) is 23.4. The lowest BCUT2D eigenvalue weighted by molar-refractivity contribution is -0.116. The van der Waals surface area contributed by atoms with Crippen molar-refractivity contribution in [2.75, 3.05) is 11.1 Å². The number of rotatable bonds is 7. The van der Waals surface area contributed by atoms with E-state index in [4.69, 9.17) is 5.73 Å². The molecule has 1 aromatic carbocycles. The Balaban J connectivity index is 0.00000512. The Morgan fingerprint density at radius 1 is 0.969 bits per heavy atom. The molecule has 0 radical (unpaired) electrons. The van der Waals surface area contributed by atoms with Crippen molar-refractivity contribution in [1.82, 2.24) is 4.98 Å². The van der Waals surface area contributed by atoms with Crippen molar-refractivity contribution in [3.63, 3.8) is 0 Å². The maximum atomic E-state index is 12.5. The third kappa shape index (κ3) is 8.01. The van der Waals surface area contributed by atoms with Crippen molar-refractivity contribution in [3.05, 3.63) is 46.6 Å². The van der Waals surface area contributed by atoms with Crippen LogP contribution in [0.3, 0.4) is 0 Å². The molecule has 0 bridgehead atoms. The molecule has 0 spiro atoms. The van der Waals surface area contributed by atoms with Crippen LogP contribution in [0.5, 0.6) is 5.75 Å². The van der Waals surface area contributed by atoms with Crippen molar-refractivity contribution in [2.45, 2.75) is 91.4 Å². The van der Waals surface area contributed by atoms with E-state index >= 15 is 0 Å². The molecular formula is C26H40ClN3O2. The average molecular weight is 462 g/mol. The fourth-order valence-electron chi connectivity index (χ4n) is 3.74. The van der Waals surface area contributed by atoms with Gasteiger partial charge >= 0.3 is 0 Å². The molecule has 1 amide bonds. The summed E-state index contributed by atoms with van der Waals surface area (Å²) in [4.78, 5) is 16.9. The summed E-state index contributed by atoms with van der Waals surface area (Å²) in [5.74, 6) is 0.888. The van der Waals surface area contributed by atoms with Crippen molar-refractivity contribution >= 4 is 29.8 Å². The van der Waals surface area contributed by atoms with Gasteiger partial charge in [0.05, 0.1) is 0 Å². The van der Waals surface area contributed by atoms with Gasteiger partial charge in [0.1, 0.15) is 11.6 Å². The van der Waals surface area contributed by atoms with Crippen LogP contribution in [0.25, 0.3) is 0 Å². The third-order valence-corrected chi connectivity index (χ3v) is 5.39. The van der Waals surface area contributed by atoms with Gasteiger partial charge in [0, 0.05) is 28.9 Å². The number of phenolic OH excluding ortho intramolecular Hbond substituents is 1. The number of pyridine rings is 1. The molecule has 0 unspecified atom stereocenters. The monoisotopic (exact) mass is 461 g/mol. The van der Waals surface area contributed by atoms with E-state index in [1.165, 1.54) is 0 Å². The molecule has 178 valence electrons. The van der Waals surface area contributed by atoms with Gasteiger partial charge < -0.3 is 16.2 Å². The third-order valence-electron chi connectivity index (χ3n) is 5.39. The zero-order valence-corrected chi connectivity index (χ0v) is 21.4. The van der Waals surface area contributed by atoms with E-state index in [1.807, 2.05) is 25.1 Å². The second-order valence-corrected chi connectivity index (χ2v) is 10.6. The van der Waals surface area contributed by atoms with Crippen molar-refractivity contribution < 1.29 is 9.90 Å². The van der Waals surface area contributed by atoms with E-state index in [1.54, 1.807) is 0 Å². The topological polar surface area (TPSA) is 88.2 Å². The van der Waals surface area contributed by atoms with E-state index in [9.17, 15) is 9.90 Å². The quantitative estimate of drug-likeness (QED) is 0.327. The fraction of sp³-hybridized carbons (Fsp3) is 0.538. The Hall–Kier alpha value is -2.27. The largest absolute Gasteiger partial charge is 0.507 e. The molecule has 0 saturated carbocycles. The van der Waals surface area contributed by atoms with E-state index < -0.39 is 0 Å². The fourth-order valence-corrected chi connectivity index (χ4v) is 3.74. The molecule has 0 atom stereocenters. The number of carbonyl (C=O) groups excluding carboxylic acids is 1. The highest BCUT2D eigenvalue weighted by Crippen LogP contribution is 2.41. The predicted octanol–water partition coefficient (Wildman–Crippen LogP) is 6.44. The molecule has 4 N–H and O–H groups in total. The molecule has 0 aliphatic rings. The Morgan fingerprint density at radius 2 is 1.53 bits per heavy atom. The van der Waals surface area contributed by atoms with Gasteiger partial charge in [-0.1, -0.05) is 48.0 Å². The van der Waals surface area contributed by atoms with Gasteiger partial charge in [-0.05, 0) is 66.8 Å². The maximum Gasteiger partial charge on any atom is 0.224 e. The van der Waals surface area contributed by atoms with Crippen molar-refractivity contribution in [1.29, 1.82) is 0 Å². The number of nitrogens with one attached hydrogen (secondary N) is 1. The summed E-state index contributed by atoms with van der Waals surface area (Å²) in [6.07, 6.45) is 4.10. The van der Waals surface area contributed by atoms with Crippen LogP contribution < -0.4 is 11.1 Å². The summed E-state index contributed by atoms with van der Waals surface area (Å²) >= 11 is 0. The average Bonchev–Trinajstić information content (AvgIpc) is 2.60. The number of anilines is 2. The number of benzene rings is 1. The molecule has 1 heterocycles. The number of aryl methyl sites for hydroxylation is 2. The number of halogens is 1. The predicted molar refractivity (Wildman–Crippen MR) is 137 cm³/mol. The van der Waals surface area contributed by atoms with Gasteiger partial charge in [0.2, 0.25) is 5.91 Å². The van der Waals surface area contributed by atoms with Gasteiger partial charge in [-0.3, -0.25) is 4.79 Å². The Labute approximate surface area is 199 Å². The number of nitrogens with two attached hydrogens (primary N) is 1. The number of nitrogens with zero attached hydrogens (tertiary/aromatic N) is 1. The van der Waals surface area contributed by atoms with Crippen LogP contribution in [0.4, 0.5) is 11.5 Å². The first-order chi connectivity index (χ1) is 14.3. The molecule has 32 heavy (non-hydrogen) atoms. The van der Waals surface area contributed by atoms with Crippen molar-refractivity contribution in [2.24, 2.45) is 0 Å². The number of unbranched alkanes of at least 4 members (excludes halogenated alkanes) is 2. The highest BCUT2D eigenvalue weighted by molar-refractivity contribution is 5.91. The molecule has 6 heteroatoms. The summed E-state index contributed by atoms with van der Waals surface area (Å²) in [6.45, 7) is 14.4. The van der Waals surface area contributed by atoms with Gasteiger partial charge in [0.25, 0.3) is 0 Å². The lowest BCUT2D eigenvalue weighted by atomic mass is 9.79. The van der Waals surface area contributed by atoms with Crippen LogP contribution in [-0.2, 0) is 22.0 Å². The number of phenols is 1. The van der Waals surface area contributed by atoms with Crippen LogP contribution in [0.15, 0.2) is 24.3 Å². The standard InChI is InChI=1S/C26H39N3O2.ClH/c1-17-13-18(28-22(27)14-17)11-9-8-10-12-23(30)29-19-15-20(25(2,3)4)24(31)21(16-19)26(5,6)7;/h13-16,31H,8-12H2,1-7H3,(H2,27,28)(H,29,30);1H. The Kier molecular flexibility index (Phi) is 9.58. The molecular weight excluding hydrogens is 422 g/mol. The first-order valence-electron chi connectivity index (χ1n) is 11.2. The molecule has 2 aromatic rings. The van der Waals surface area contributed by atoms with Crippen LogP contribution in [0.2, 0.25) is 0 Å². The molecule has 0 saturated heterocycles. The molecule has 2 rings (SSSR count). The van der Waals surface area contributed by atoms with Crippen molar-refractivity contribution in [3.8, 4) is 5.75 Å². The SMILES string of the molecule is Cc1cc(N)nc(CCCCCC(=O)Nc2cc(C(C)(C)C)c(O)c(C(C)(C)C)c2)c1.Cl. The minimum Gasteiger partial charge on any atom is -0.507 e. The van der Waals surface area contributed by atoms with E-state index in [-0.39, 0.29) is 29.1 Å².